The van der Waals surface area contributed by atoms with Crippen LogP contribution in [0, 0.1) is 13.8 Å². The molecule has 1 atom stereocenters. The zero-order chi connectivity index (χ0) is 16.8. The topological polar surface area (TPSA) is 55.8 Å². The molecule has 0 spiro atoms. The van der Waals surface area contributed by atoms with Gasteiger partial charge in [-0.3, -0.25) is 14.6 Å². The van der Waals surface area contributed by atoms with Crippen molar-refractivity contribution in [2.45, 2.75) is 26.8 Å². The van der Waals surface area contributed by atoms with E-state index in [1.54, 1.807) is 0 Å². The second-order valence-corrected chi connectivity index (χ2v) is 6.47. The highest BCUT2D eigenvalue weighted by atomic mass is 16.3. The second kappa shape index (κ2) is 8.43. The maximum absolute atomic E-state index is 12.2. The molecule has 1 aliphatic rings. The zero-order valence-electron chi connectivity index (χ0n) is 14.5. The first kappa shape index (κ1) is 17.9. The number of hydrogen-bond donors (Lipinski definition) is 2. The molecule has 1 aromatic carbocycles. The smallest absolute Gasteiger partial charge is 0.234 e. The highest BCUT2D eigenvalue weighted by molar-refractivity contribution is 5.78. The van der Waals surface area contributed by atoms with Crippen molar-refractivity contribution in [3.05, 3.63) is 34.9 Å². The third-order valence-corrected chi connectivity index (χ3v) is 4.66. The molecule has 1 heterocycles. The van der Waals surface area contributed by atoms with Crippen LogP contribution in [0.15, 0.2) is 18.2 Å². The molecule has 5 heteroatoms. The number of hydrogen-bond acceptors (Lipinski definition) is 4. The van der Waals surface area contributed by atoms with Crippen LogP contribution in [0.3, 0.4) is 0 Å². The molecular formula is C18H29N3O2. The van der Waals surface area contributed by atoms with Crippen molar-refractivity contribution in [1.29, 1.82) is 0 Å². The van der Waals surface area contributed by atoms with Crippen molar-refractivity contribution >= 4 is 5.91 Å². The molecule has 23 heavy (non-hydrogen) atoms. The predicted octanol–water partition coefficient (Wildman–Crippen LogP) is 1.09. The third kappa shape index (κ3) is 5.30. The van der Waals surface area contributed by atoms with Gasteiger partial charge < -0.3 is 10.4 Å². The molecule has 0 aliphatic carbocycles. The molecule has 0 aromatic heterocycles. The fourth-order valence-electron chi connectivity index (χ4n) is 2.92. The van der Waals surface area contributed by atoms with Crippen LogP contribution >= 0.6 is 0 Å². The van der Waals surface area contributed by atoms with Crippen molar-refractivity contribution in [2.24, 2.45) is 0 Å². The fourth-order valence-corrected chi connectivity index (χ4v) is 2.92. The second-order valence-electron chi connectivity index (χ2n) is 6.47. The Morgan fingerprint density at radius 1 is 1.17 bits per heavy atom. The maximum atomic E-state index is 12.2. The summed E-state index contributed by atoms with van der Waals surface area (Å²) in [4.78, 5) is 16.7. The minimum atomic E-state index is 0.0254. The normalized spacial score (nSPS) is 17.9. The minimum Gasteiger partial charge on any atom is -0.395 e. The Kier molecular flexibility index (Phi) is 6.57. The Labute approximate surface area is 139 Å². The third-order valence-electron chi connectivity index (χ3n) is 4.66. The molecule has 2 N–H and O–H groups in total. The molecule has 1 aromatic rings. The van der Waals surface area contributed by atoms with E-state index in [1.165, 1.54) is 11.1 Å². The summed E-state index contributed by atoms with van der Waals surface area (Å²) in [5.41, 5.74) is 3.67. The molecule has 0 saturated carbocycles. The number of aryl methyl sites for hydroxylation is 2. The lowest BCUT2D eigenvalue weighted by Gasteiger charge is -2.34. The number of carbonyl (C=O) groups is 1. The largest absolute Gasteiger partial charge is 0.395 e. The molecule has 2 rings (SSSR count). The molecule has 1 saturated heterocycles. The monoisotopic (exact) mass is 319 g/mol. The van der Waals surface area contributed by atoms with Gasteiger partial charge in [0, 0.05) is 32.7 Å². The molecule has 0 bridgehead atoms. The number of β-amino-alcohol motifs (C(OH)–C–C–N with tert-alkyl or cyclic N) is 1. The Balaban J connectivity index is 1.79. The van der Waals surface area contributed by atoms with Gasteiger partial charge in [0.2, 0.25) is 5.91 Å². The van der Waals surface area contributed by atoms with Crippen LogP contribution in [-0.2, 0) is 4.79 Å². The van der Waals surface area contributed by atoms with E-state index in [0.29, 0.717) is 6.54 Å². The van der Waals surface area contributed by atoms with Gasteiger partial charge in [0.25, 0.3) is 0 Å². The van der Waals surface area contributed by atoms with Crippen LogP contribution in [0.4, 0.5) is 0 Å². The van der Waals surface area contributed by atoms with Crippen LogP contribution in [0.1, 0.15) is 29.7 Å². The molecule has 5 nitrogen and oxygen atoms in total. The molecule has 1 fully saturated rings. The Morgan fingerprint density at radius 2 is 1.83 bits per heavy atom. The van der Waals surface area contributed by atoms with Crippen molar-refractivity contribution in [3.63, 3.8) is 0 Å². The number of aliphatic hydroxyl groups excluding tert-OH is 1. The van der Waals surface area contributed by atoms with Crippen LogP contribution in [0.25, 0.3) is 0 Å². The molecule has 1 aliphatic heterocycles. The lowest BCUT2D eigenvalue weighted by Crippen LogP contribution is -2.50. The van der Waals surface area contributed by atoms with E-state index in [1.807, 2.05) is 6.92 Å². The van der Waals surface area contributed by atoms with Gasteiger partial charge in [0.1, 0.15) is 0 Å². The van der Waals surface area contributed by atoms with E-state index in [9.17, 15) is 4.79 Å². The number of carbonyl (C=O) groups excluding carboxylic acids is 1. The maximum Gasteiger partial charge on any atom is 0.234 e. The predicted molar refractivity (Wildman–Crippen MR) is 92.4 cm³/mol. The summed E-state index contributed by atoms with van der Waals surface area (Å²) >= 11 is 0. The van der Waals surface area contributed by atoms with Gasteiger partial charge in [-0.1, -0.05) is 18.2 Å². The molecule has 0 radical (unpaired) electrons. The number of piperazine rings is 1. The van der Waals surface area contributed by atoms with Gasteiger partial charge in [0.15, 0.2) is 0 Å². The quantitative estimate of drug-likeness (QED) is 0.824. The summed E-state index contributed by atoms with van der Waals surface area (Å²) < 4.78 is 0. The van der Waals surface area contributed by atoms with E-state index in [0.717, 1.165) is 38.3 Å². The first-order valence-electron chi connectivity index (χ1n) is 8.41. The molecule has 128 valence electrons. The minimum absolute atomic E-state index is 0.0254. The van der Waals surface area contributed by atoms with Gasteiger partial charge in [-0.2, -0.15) is 0 Å². The summed E-state index contributed by atoms with van der Waals surface area (Å²) in [6.45, 7) is 11.2. The fraction of sp³-hybridized carbons (Fsp3) is 0.611. The average Bonchev–Trinajstić information content (AvgIpc) is 2.52. The van der Waals surface area contributed by atoms with Crippen molar-refractivity contribution in [2.75, 3.05) is 45.9 Å². The van der Waals surface area contributed by atoms with Gasteiger partial charge in [-0.05, 0) is 37.5 Å². The summed E-state index contributed by atoms with van der Waals surface area (Å²) in [5.74, 6) is 0.0753. The van der Waals surface area contributed by atoms with Crippen molar-refractivity contribution in [3.8, 4) is 0 Å². The first-order chi connectivity index (χ1) is 11.0. The zero-order valence-corrected chi connectivity index (χ0v) is 14.5. The first-order valence-corrected chi connectivity index (χ1v) is 8.41. The summed E-state index contributed by atoms with van der Waals surface area (Å²) in [5, 5.41) is 12.0. The highest BCUT2D eigenvalue weighted by Gasteiger charge is 2.19. The Hall–Kier alpha value is -1.43. The van der Waals surface area contributed by atoms with Gasteiger partial charge in [-0.25, -0.2) is 0 Å². The van der Waals surface area contributed by atoms with Crippen LogP contribution < -0.4 is 5.32 Å². The van der Waals surface area contributed by atoms with Crippen LogP contribution in [0.2, 0.25) is 0 Å². The van der Waals surface area contributed by atoms with Crippen molar-refractivity contribution in [1.82, 2.24) is 15.1 Å². The average molecular weight is 319 g/mol. The van der Waals surface area contributed by atoms with E-state index < -0.39 is 0 Å². The summed E-state index contributed by atoms with van der Waals surface area (Å²) in [6.07, 6.45) is 0. The lowest BCUT2D eigenvalue weighted by molar-refractivity contribution is -0.123. The number of benzene rings is 1. The van der Waals surface area contributed by atoms with Gasteiger partial charge in [-0.15, -0.1) is 0 Å². The van der Waals surface area contributed by atoms with Crippen molar-refractivity contribution < 1.29 is 9.90 Å². The summed E-state index contributed by atoms with van der Waals surface area (Å²) in [6, 6.07) is 6.36. The Morgan fingerprint density at radius 3 is 2.43 bits per heavy atom. The van der Waals surface area contributed by atoms with E-state index in [4.69, 9.17) is 5.11 Å². The Bertz CT molecular complexity index is 525. The van der Waals surface area contributed by atoms with Crippen LogP contribution in [0.5, 0.6) is 0 Å². The molecule has 1 amide bonds. The number of aliphatic hydroxyl groups is 1. The molecule has 1 unspecified atom stereocenters. The summed E-state index contributed by atoms with van der Waals surface area (Å²) in [7, 11) is 0. The number of amides is 1. The lowest BCUT2D eigenvalue weighted by atomic mass is 10.0. The standard InChI is InChI=1S/C18H29N3O2/c1-14-4-5-17(12-15(14)2)16(3)19-18(23)13-21-8-6-20(7-9-21)10-11-22/h4-5,12,16,22H,6-11,13H2,1-3H3,(H,19,23). The van der Waals surface area contributed by atoms with E-state index >= 15 is 0 Å². The van der Waals surface area contributed by atoms with Gasteiger partial charge >= 0.3 is 0 Å². The van der Waals surface area contributed by atoms with Crippen LogP contribution in [-0.4, -0.2) is 66.7 Å². The molecular weight excluding hydrogens is 290 g/mol. The number of nitrogens with zero attached hydrogens (tertiary/aromatic N) is 2. The number of rotatable bonds is 6. The highest BCUT2D eigenvalue weighted by Crippen LogP contribution is 2.16. The van der Waals surface area contributed by atoms with E-state index in [-0.39, 0.29) is 18.6 Å². The van der Waals surface area contributed by atoms with E-state index in [2.05, 4.69) is 47.2 Å². The number of nitrogens with one attached hydrogen (secondary N) is 1. The van der Waals surface area contributed by atoms with Gasteiger partial charge in [0.05, 0.1) is 19.2 Å². The SMILES string of the molecule is Cc1ccc(C(C)NC(=O)CN2CCN(CCO)CC2)cc1C.